The molecular formula is C32H41N3O4S. The predicted octanol–water partition coefficient (Wildman–Crippen LogP) is 5.45. The topological polar surface area (TPSA) is 86.8 Å². The molecule has 3 rings (SSSR count). The van der Waals surface area contributed by atoms with Crippen LogP contribution in [0.2, 0.25) is 0 Å². The molecule has 0 bridgehead atoms. The standard InChI is InChI=1S/C32H41N3O4S/c1-7-8-19-33-32(37)27(6)34(21-28-12-10-9-11-25(28)4)31(36)22-35(30-20-24(3)13-16-26(30)5)40(38,39)29-17-14-23(2)15-18-29/h9-18,20,27H,7-8,19,21-22H2,1-6H3,(H,33,37). The van der Waals surface area contributed by atoms with Gasteiger partial charge in [0.1, 0.15) is 12.6 Å². The van der Waals surface area contributed by atoms with Crippen molar-refractivity contribution in [2.24, 2.45) is 0 Å². The van der Waals surface area contributed by atoms with Crippen molar-refractivity contribution in [2.45, 2.75) is 71.9 Å². The van der Waals surface area contributed by atoms with Crippen LogP contribution in [-0.2, 0) is 26.2 Å². The summed E-state index contributed by atoms with van der Waals surface area (Å²) in [6.07, 6.45) is 1.77. The van der Waals surface area contributed by atoms with Gasteiger partial charge in [0.2, 0.25) is 11.8 Å². The first-order valence-electron chi connectivity index (χ1n) is 13.7. The summed E-state index contributed by atoms with van der Waals surface area (Å²) < 4.78 is 29.2. The molecule has 0 heterocycles. The number of anilines is 1. The average molecular weight is 564 g/mol. The normalized spacial score (nSPS) is 12.1. The lowest BCUT2D eigenvalue weighted by Crippen LogP contribution is -2.51. The fourth-order valence-corrected chi connectivity index (χ4v) is 5.90. The Morgan fingerprint density at radius 1 is 0.875 bits per heavy atom. The first-order chi connectivity index (χ1) is 18.9. The Morgan fingerprint density at radius 2 is 1.52 bits per heavy atom. The van der Waals surface area contributed by atoms with Crippen molar-refractivity contribution in [1.29, 1.82) is 0 Å². The number of carbonyl (C=O) groups is 2. The van der Waals surface area contributed by atoms with Crippen LogP contribution in [0.4, 0.5) is 5.69 Å². The molecule has 7 nitrogen and oxygen atoms in total. The molecule has 2 amide bonds. The van der Waals surface area contributed by atoms with E-state index in [4.69, 9.17) is 0 Å². The third kappa shape index (κ3) is 7.50. The summed E-state index contributed by atoms with van der Waals surface area (Å²) in [6.45, 7) is 11.5. The number of carbonyl (C=O) groups excluding carboxylic acids is 2. The number of hydrogen-bond acceptors (Lipinski definition) is 4. The maximum atomic E-state index is 14.1. The van der Waals surface area contributed by atoms with Crippen LogP contribution in [0.3, 0.4) is 0 Å². The van der Waals surface area contributed by atoms with Gasteiger partial charge < -0.3 is 10.2 Å². The van der Waals surface area contributed by atoms with Gasteiger partial charge in [-0.2, -0.15) is 0 Å². The van der Waals surface area contributed by atoms with Gasteiger partial charge in [-0.3, -0.25) is 13.9 Å². The van der Waals surface area contributed by atoms with Crippen molar-refractivity contribution in [3.8, 4) is 0 Å². The predicted molar refractivity (Wildman–Crippen MR) is 161 cm³/mol. The first-order valence-corrected chi connectivity index (χ1v) is 15.2. The second-order valence-corrected chi connectivity index (χ2v) is 12.2. The molecule has 0 aliphatic heterocycles. The van der Waals surface area contributed by atoms with Crippen molar-refractivity contribution in [1.82, 2.24) is 10.2 Å². The summed E-state index contributed by atoms with van der Waals surface area (Å²) in [6, 6.07) is 19.0. The SMILES string of the molecule is CCCCNC(=O)C(C)N(Cc1ccccc1C)C(=O)CN(c1cc(C)ccc1C)S(=O)(=O)c1ccc(C)cc1. The Labute approximate surface area is 239 Å². The highest BCUT2D eigenvalue weighted by Crippen LogP contribution is 2.29. The molecule has 0 aliphatic carbocycles. The lowest BCUT2D eigenvalue weighted by molar-refractivity contribution is -0.139. The Hall–Kier alpha value is -3.65. The van der Waals surface area contributed by atoms with Crippen molar-refractivity contribution in [3.05, 3.63) is 94.5 Å². The summed E-state index contributed by atoms with van der Waals surface area (Å²) in [5, 5.41) is 2.92. The second-order valence-electron chi connectivity index (χ2n) is 10.4. The summed E-state index contributed by atoms with van der Waals surface area (Å²) >= 11 is 0. The van der Waals surface area contributed by atoms with Gasteiger partial charge in [0.05, 0.1) is 10.6 Å². The van der Waals surface area contributed by atoms with E-state index in [2.05, 4.69) is 5.32 Å². The summed E-state index contributed by atoms with van der Waals surface area (Å²) in [4.78, 5) is 28.8. The highest BCUT2D eigenvalue weighted by Gasteiger charge is 2.33. The van der Waals surface area contributed by atoms with Crippen molar-refractivity contribution in [2.75, 3.05) is 17.4 Å². The number of rotatable bonds is 12. The van der Waals surface area contributed by atoms with Crippen LogP contribution in [0.15, 0.2) is 71.6 Å². The molecule has 0 radical (unpaired) electrons. The van der Waals surface area contributed by atoms with Crippen molar-refractivity contribution in [3.63, 3.8) is 0 Å². The fourth-order valence-electron chi connectivity index (χ4n) is 4.43. The minimum atomic E-state index is -4.10. The largest absolute Gasteiger partial charge is 0.354 e. The van der Waals surface area contributed by atoms with Gasteiger partial charge in [-0.1, -0.05) is 67.4 Å². The van der Waals surface area contributed by atoms with Crippen LogP contribution in [0.5, 0.6) is 0 Å². The Balaban J connectivity index is 2.05. The molecule has 8 heteroatoms. The number of nitrogens with one attached hydrogen (secondary N) is 1. The lowest BCUT2D eigenvalue weighted by atomic mass is 10.1. The number of unbranched alkanes of at least 4 members (excludes halogenated alkanes) is 1. The molecule has 0 spiro atoms. The number of aryl methyl sites for hydroxylation is 4. The minimum absolute atomic E-state index is 0.0996. The van der Waals surface area contributed by atoms with E-state index in [9.17, 15) is 18.0 Å². The number of sulfonamides is 1. The van der Waals surface area contributed by atoms with E-state index >= 15 is 0 Å². The van der Waals surface area contributed by atoms with Crippen LogP contribution in [-0.4, -0.2) is 44.3 Å². The quantitative estimate of drug-likeness (QED) is 0.297. The molecule has 0 fully saturated rings. The Kier molecular flexibility index (Phi) is 10.5. The molecule has 214 valence electrons. The minimum Gasteiger partial charge on any atom is -0.354 e. The summed E-state index contributed by atoms with van der Waals surface area (Å²) in [5.74, 6) is -0.729. The molecule has 3 aromatic rings. The third-order valence-corrected chi connectivity index (χ3v) is 8.89. The molecule has 1 N–H and O–H groups in total. The number of nitrogens with zero attached hydrogens (tertiary/aromatic N) is 2. The molecule has 1 atom stereocenters. The highest BCUT2D eigenvalue weighted by molar-refractivity contribution is 7.92. The zero-order valence-corrected chi connectivity index (χ0v) is 25.2. The van der Waals surface area contributed by atoms with Crippen LogP contribution in [0.25, 0.3) is 0 Å². The number of benzene rings is 3. The van der Waals surface area contributed by atoms with E-state index in [-0.39, 0.29) is 17.3 Å². The van der Waals surface area contributed by atoms with Gasteiger partial charge in [0, 0.05) is 13.1 Å². The smallest absolute Gasteiger partial charge is 0.264 e. The third-order valence-electron chi connectivity index (χ3n) is 7.12. The molecule has 3 aromatic carbocycles. The van der Waals surface area contributed by atoms with Gasteiger partial charge in [0.15, 0.2) is 0 Å². The second kappa shape index (κ2) is 13.6. The zero-order valence-electron chi connectivity index (χ0n) is 24.4. The average Bonchev–Trinajstić information content (AvgIpc) is 2.92. The van der Waals surface area contributed by atoms with Crippen LogP contribution < -0.4 is 9.62 Å². The maximum absolute atomic E-state index is 14.1. The van der Waals surface area contributed by atoms with Gasteiger partial charge in [-0.15, -0.1) is 0 Å². The van der Waals surface area contributed by atoms with E-state index in [1.165, 1.54) is 9.21 Å². The highest BCUT2D eigenvalue weighted by atomic mass is 32.2. The van der Waals surface area contributed by atoms with E-state index < -0.39 is 28.5 Å². The Morgan fingerprint density at radius 3 is 2.17 bits per heavy atom. The van der Waals surface area contributed by atoms with E-state index in [0.29, 0.717) is 12.2 Å². The van der Waals surface area contributed by atoms with Gasteiger partial charge >= 0.3 is 0 Å². The van der Waals surface area contributed by atoms with E-state index in [1.807, 2.05) is 71.0 Å². The van der Waals surface area contributed by atoms with E-state index in [0.717, 1.165) is 40.7 Å². The molecule has 0 aliphatic rings. The maximum Gasteiger partial charge on any atom is 0.264 e. The molecule has 1 unspecified atom stereocenters. The van der Waals surface area contributed by atoms with Crippen molar-refractivity contribution < 1.29 is 18.0 Å². The Bertz CT molecular complexity index is 1430. The zero-order chi connectivity index (χ0) is 29.4. The van der Waals surface area contributed by atoms with Gasteiger partial charge in [0.25, 0.3) is 10.0 Å². The lowest BCUT2D eigenvalue weighted by Gasteiger charge is -2.33. The summed E-state index contributed by atoms with van der Waals surface area (Å²) in [5.41, 5.74) is 4.84. The number of amides is 2. The molecular weight excluding hydrogens is 522 g/mol. The van der Waals surface area contributed by atoms with Crippen LogP contribution in [0, 0.1) is 27.7 Å². The monoisotopic (exact) mass is 563 g/mol. The van der Waals surface area contributed by atoms with Crippen LogP contribution >= 0.6 is 0 Å². The van der Waals surface area contributed by atoms with Gasteiger partial charge in [-0.25, -0.2) is 8.42 Å². The molecule has 0 aromatic heterocycles. The first kappa shape index (κ1) is 30.9. The molecule has 0 saturated heterocycles. The molecule has 40 heavy (non-hydrogen) atoms. The van der Waals surface area contributed by atoms with E-state index in [1.54, 1.807) is 37.3 Å². The summed E-state index contributed by atoms with van der Waals surface area (Å²) in [7, 11) is -4.10. The molecule has 0 saturated carbocycles. The van der Waals surface area contributed by atoms with Gasteiger partial charge in [-0.05, 0) is 81.5 Å². The fraction of sp³-hybridized carbons (Fsp3) is 0.375. The van der Waals surface area contributed by atoms with Crippen molar-refractivity contribution >= 4 is 27.5 Å². The number of hydrogen-bond donors (Lipinski definition) is 1. The van der Waals surface area contributed by atoms with Crippen LogP contribution in [0.1, 0.15) is 54.5 Å².